The summed E-state index contributed by atoms with van der Waals surface area (Å²) in [4.78, 5) is 17.8. The Bertz CT molecular complexity index is 602. The number of amides is 1. The van der Waals surface area contributed by atoms with E-state index in [4.69, 9.17) is 17.3 Å². The molecule has 1 aromatic rings. The number of aromatic nitrogens is 1. The average molecular weight is 379 g/mol. The van der Waals surface area contributed by atoms with Crippen molar-refractivity contribution in [2.75, 3.05) is 24.5 Å². The summed E-state index contributed by atoms with van der Waals surface area (Å²) in [6.07, 6.45) is -1.77. The molecule has 9 heteroatoms. The molecule has 1 aromatic heterocycles. The molecule has 2 heterocycles. The van der Waals surface area contributed by atoms with E-state index in [1.54, 1.807) is 0 Å². The Morgan fingerprint density at radius 1 is 1.48 bits per heavy atom. The van der Waals surface area contributed by atoms with Gasteiger partial charge in [-0.1, -0.05) is 11.6 Å². The largest absolute Gasteiger partial charge is 0.417 e. The molecule has 0 aromatic carbocycles. The summed E-state index contributed by atoms with van der Waals surface area (Å²) < 4.78 is 38.0. The van der Waals surface area contributed by atoms with Crippen molar-refractivity contribution >= 4 is 23.3 Å². The summed E-state index contributed by atoms with van der Waals surface area (Å²) in [6.45, 7) is 3.46. The van der Waals surface area contributed by atoms with Crippen molar-refractivity contribution in [2.24, 2.45) is 11.7 Å². The van der Waals surface area contributed by atoms with E-state index in [-0.39, 0.29) is 22.9 Å². The van der Waals surface area contributed by atoms with Gasteiger partial charge >= 0.3 is 6.18 Å². The van der Waals surface area contributed by atoms with Gasteiger partial charge in [-0.25, -0.2) is 4.98 Å². The molecule has 0 bridgehead atoms. The lowest BCUT2D eigenvalue weighted by atomic mass is 9.96. The fraction of sp³-hybridized carbons (Fsp3) is 0.625. The summed E-state index contributed by atoms with van der Waals surface area (Å²) in [7, 11) is 0. The number of halogens is 4. The molecule has 0 aliphatic carbocycles. The molecule has 1 amide bonds. The number of alkyl halides is 3. The summed E-state index contributed by atoms with van der Waals surface area (Å²) in [5.41, 5.74) is 4.77. The lowest BCUT2D eigenvalue weighted by Crippen LogP contribution is -2.41. The first-order valence-electron chi connectivity index (χ1n) is 8.19. The molecule has 1 atom stereocenters. The van der Waals surface area contributed by atoms with E-state index in [1.165, 1.54) is 0 Å². The highest BCUT2D eigenvalue weighted by atomic mass is 35.5. The molecule has 1 saturated heterocycles. The predicted molar refractivity (Wildman–Crippen MR) is 90.5 cm³/mol. The number of hydrogen-bond acceptors (Lipinski definition) is 4. The van der Waals surface area contributed by atoms with Gasteiger partial charge in [-0.15, -0.1) is 0 Å². The van der Waals surface area contributed by atoms with Crippen molar-refractivity contribution < 1.29 is 18.0 Å². The Hall–Kier alpha value is -1.54. The lowest BCUT2D eigenvalue weighted by molar-refractivity contribution is -0.137. The molecule has 1 unspecified atom stereocenters. The summed E-state index contributed by atoms with van der Waals surface area (Å²) in [6, 6.07) is 0.923. The number of nitrogens with two attached hydrogens (primary N) is 1. The maximum atomic E-state index is 12.7. The van der Waals surface area contributed by atoms with Gasteiger partial charge in [-0.2, -0.15) is 13.2 Å². The normalized spacial score (nSPS) is 17.4. The number of rotatable bonds is 5. The summed E-state index contributed by atoms with van der Waals surface area (Å²) >= 11 is 5.97. The van der Waals surface area contributed by atoms with Crippen molar-refractivity contribution in [3.8, 4) is 0 Å². The van der Waals surface area contributed by atoms with Crippen LogP contribution in [0.4, 0.5) is 19.0 Å². The van der Waals surface area contributed by atoms with Crippen LogP contribution in [0, 0.1) is 5.92 Å². The monoisotopic (exact) mass is 378 g/mol. The van der Waals surface area contributed by atoms with Crippen LogP contribution in [-0.2, 0) is 11.0 Å². The number of carbonyl (C=O) groups excluding carboxylic acids is 1. The topological polar surface area (TPSA) is 71.2 Å². The predicted octanol–water partition coefficient (Wildman–Crippen LogP) is 2.82. The fourth-order valence-electron chi connectivity index (χ4n) is 2.74. The quantitative estimate of drug-likeness (QED) is 0.826. The maximum absolute atomic E-state index is 12.7. The van der Waals surface area contributed by atoms with E-state index in [0.717, 1.165) is 18.7 Å². The first-order valence-corrected chi connectivity index (χ1v) is 8.57. The van der Waals surface area contributed by atoms with Crippen LogP contribution in [0.3, 0.4) is 0 Å². The zero-order chi connectivity index (χ0) is 18.6. The van der Waals surface area contributed by atoms with Gasteiger partial charge < -0.3 is 16.0 Å². The SMILES string of the molecule is CC(N)CCNC(=O)C1CCN(c2ncc(C(F)(F)F)cc2Cl)CC1. The Labute approximate surface area is 149 Å². The van der Waals surface area contributed by atoms with Gasteiger partial charge in [-0.05, 0) is 32.3 Å². The third-order valence-corrected chi connectivity index (χ3v) is 4.49. The van der Waals surface area contributed by atoms with Gasteiger partial charge in [0.25, 0.3) is 0 Å². The van der Waals surface area contributed by atoms with Crippen LogP contribution in [0.25, 0.3) is 0 Å². The average Bonchev–Trinajstić information content (AvgIpc) is 2.53. The van der Waals surface area contributed by atoms with Crippen LogP contribution in [0.1, 0.15) is 31.7 Å². The molecule has 1 aliphatic rings. The minimum absolute atomic E-state index is 0.00762. The molecule has 140 valence electrons. The van der Waals surface area contributed by atoms with Crippen molar-refractivity contribution in [3.05, 3.63) is 22.8 Å². The van der Waals surface area contributed by atoms with Crippen molar-refractivity contribution in [2.45, 2.75) is 38.4 Å². The first kappa shape index (κ1) is 19.8. The zero-order valence-corrected chi connectivity index (χ0v) is 14.7. The second-order valence-corrected chi connectivity index (χ2v) is 6.75. The second kappa shape index (κ2) is 8.23. The van der Waals surface area contributed by atoms with Crippen LogP contribution >= 0.6 is 11.6 Å². The summed E-state index contributed by atoms with van der Waals surface area (Å²) in [5, 5.41) is 2.84. The van der Waals surface area contributed by atoms with Crippen LogP contribution in [0.15, 0.2) is 12.3 Å². The highest BCUT2D eigenvalue weighted by Crippen LogP contribution is 2.34. The number of carbonyl (C=O) groups is 1. The molecule has 0 radical (unpaired) electrons. The smallest absolute Gasteiger partial charge is 0.356 e. The molecule has 3 N–H and O–H groups in total. The van der Waals surface area contributed by atoms with Gasteiger partial charge in [0.05, 0.1) is 10.6 Å². The Morgan fingerprint density at radius 3 is 2.64 bits per heavy atom. The van der Waals surface area contributed by atoms with E-state index in [0.29, 0.717) is 38.3 Å². The van der Waals surface area contributed by atoms with Gasteiger partial charge in [0, 0.05) is 37.8 Å². The molecule has 0 saturated carbocycles. The summed E-state index contributed by atoms with van der Waals surface area (Å²) in [5.74, 6) is 0.204. The minimum Gasteiger partial charge on any atom is -0.356 e. The lowest BCUT2D eigenvalue weighted by Gasteiger charge is -2.32. The molecule has 25 heavy (non-hydrogen) atoms. The fourth-order valence-corrected chi connectivity index (χ4v) is 3.03. The Kier molecular flexibility index (Phi) is 6.51. The first-order chi connectivity index (χ1) is 11.7. The van der Waals surface area contributed by atoms with Gasteiger partial charge in [0.2, 0.25) is 5.91 Å². The Morgan fingerprint density at radius 2 is 2.12 bits per heavy atom. The Balaban J connectivity index is 1.91. The molecule has 2 rings (SSSR count). The van der Waals surface area contributed by atoms with E-state index in [1.807, 2.05) is 11.8 Å². The third-order valence-electron chi connectivity index (χ3n) is 4.21. The third kappa shape index (κ3) is 5.47. The molecule has 1 aliphatic heterocycles. The highest BCUT2D eigenvalue weighted by molar-refractivity contribution is 6.33. The number of nitrogens with zero attached hydrogens (tertiary/aromatic N) is 2. The van der Waals surface area contributed by atoms with Gasteiger partial charge in [-0.3, -0.25) is 4.79 Å². The highest BCUT2D eigenvalue weighted by Gasteiger charge is 2.33. The van der Waals surface area contributed by atoms with E-state index >= 15 is 0 Å². The van der Waals surface area contributed by atoms with E-state index in [9.17, 15) is 18.0 Å². The van der Waals surface area contributed by atoms with Gasteiger partial charge in [0.1, 0.15) is 5.82 Å². The molecule has 5 nitrogen and oxygen atoms in total. The number of anilines is 1. The second-order valence-electron chi connectivity index (χ2n) is 6.35. The number of hydrogen-bond donors (Lipinski definition) is 2. The number of nitrogens with one attached hydrogen (secondary N) is 1. The molecule has 1 fully saturated rings. The van der Waals surface area contributed by atoms with Crippen LogP contribution in [0.2, 0.25) is 5.02 Å². The van der Waals surface area contributed by atoms with Crippen molar-refractivity contribution in [1.29, 1.82) is 0 Å². The maximum Gasteiger partial charge on any atom is 0.417 e. The van der Waals surface area contributed by atoms with Crippen LogP contribution < -0.4 is 16.0 Å². The molecule has 0 spiro atoms. The van der Waals surface area contributed by atoms with Crippen molar-refractivity contribution in [3.63, 3.8) is 0 Å². The number of pyridine rings is 1. The molecular weight excluding hydrogens is 357 g/mol. The van der Waals surface area contributed by atoms with E-state index < -0.39 is 11.7 Å². The minimum atomic E-state index is -4.47. The van der Waals surface area contributed by atoms with Crippen LogP contribution in [-0.4, -0.2) is 36.6 Å². The zero-order valence-electron chi connectivity index (χ0n) is 13.9. The van der Waals surface area contributed by atoms with E-state index in [2.05, 4.69) is 10.3 Å². The van der Waals surface area contributed by atoms with Gasteiger partial charge in [0.15, 0.2) is 0 Å². The van der Waals surface area contributed by atoms with Crippen molar-refractivity contribution in [1.82, 2.24) is 10.3 Å². The standard InChI is InChI=1S/C16H22ClF3N4O/c1-10(21)2-5-22-15(25)11-3-6-24(7-4-11)14-13(17)8-12(9-23-14)16(18,19)20/h8-11H,2-7,21H2,1H3,(H,22,25). The van der Waals surface area contributed by atoms with Crippen LogP contribution in [0.5, 0.6) is 0 Å². The number of piperidine rings is 1. The molecular formula is C16H22ClF3N4O.